The molecule has 0 unspecified atom stereocenters. The third-order valence-corrected chi connectivity index (χ3v) is 4.67. The quantitative estimate of drug-likeness (QED) is 0.491. The summed E-state index contributed by atoms with van der Waals surface area (Å²) in [6.07, 6.45) is 3.44. The number of aliphatic hydroxyl groups excluding tert-OH is 1. The lowest BCUT2D eigenvalue weighted by molar-refractivity contribution is 0.248. The van der Waals surface area contributed by atoms with E-state index in [-0.39, 0.29) is 18.6 Å². The topological polar surface area (TPSA) is 101 Å². The third kappa shape index (κ3) is 5.15. The first-order chi connectivity index (χ1) is 14.5. The van der Waals surface area contributed by atoms with Crippen LogP contribution in [-0.4, -0.2) is 46.9 Å². The Labute approximate surface area is 176 Å². The zero-order chi connectivity index (χ0) is 21.5. The van der Waals surface area contributed by atoms with Crippen molar-refractivity contribution < 1.29 is 14.6 Å². The SMILES string of the molecule is COc1ccc(Nc2cc(-c3ccncc3)nc(N[C@@H](CO)C(C)C)n2)cc1OC. The van der Waals surface area contributed by atoms with Gasteiger partial charge in [0.25, 0.3) is 0 Å². The molecule has 158 valence electrons. The summed E-state index contributed by atoms with van der Waals surface area (Å²) < 4.78 is 10.7. The Balaban J connectivity index is 1.97. The predicted octanol–water partition coefficient (Wildman–Crippen LogP) is 3.73. The highest BCUT2D eigenvalue weighted by Crippen LogP contribution is 2.31. The van der Waals surface area contributed by atoms with Crippen LogP contribution < -0.4 is 20.1 Å². The molecule has 0 aliphatic rings. The fraction of sp³-hybridized carbons (Fsp3) is 0.318. The highest BCUT2D eigenvalue weighted by Gasteiger charge is 2.15. The van der Waals surface area contributed by atoms with Crippen molar-refractivity contribution in [2.75, 3.05) is 31.5 Å². The first-order valence-electron chi connectivity index (χ1n) is 9.70. The second-order valence-corrected chi connectivity index (χ2v) is 7.07. The predicted molar refractivity (Wildman–Crippen MR) is 117 cm³/mol. The van der Waals surface area contributed by atoms with Crippen LogP contribution in [-0.2, 0) is 0 Å². The summed E-state index contributed by atoms with van der Waals surface area (Å²) in [5, 5.41) is 16.2. The average Bonchev–Trinajstić information content (AvgIpc) is 2.77. The van der Waals surface area contributed by atoms with Crippen molar-refractivity contribution in [3.63, 3.8) is 0 Å². The van der Waals surface area contributed by atoms with Crippen LogP contribution in [0.5, 0.6) is 11.5 Å². The molecule has 1 atom stereocenters. The van der Waals surface area contributed by atoms with Gasteiger partial charge in [0.15, 0.2) is 11.5 Å². The number of aromatic nitrogens is 3. The van der Waals surface area contributed by atoms with E-state index in [0.717, 1.165) is 16.9 Å². The molecule has 0 bridgehead atoms. The van der Waals surface area contributed by atoms with Crippen molar-refractivity contribution in [1.29, 1.82) is 0 Å². The molecule has 1 aromatic carbocycles. The second kappa shape index (κ2) is 9.89. The van der Waals surface area contributed by atoms with Gasteiger partial charge in [0.2, 0.25) is 5.95 Å². The lowest BCUT2D eigenvalue weighted by Crippen LogP contribution is -2.30. The Morgan fingerprint density at radius 1 is 0.967 bits per heavy atom. The fourth-order valence-corrected chi connectivity index (χ4v) is 2.90. The van der Waals surface area contributed by atoms with Crippen molar-refractivity contribution in [2.24, 2.45) is 5.92 Å². The lowest BCUT2D eigenvalue weighted by atomic mass is 10.1. The number of rotatable bonds is 9. The molecule has 0 saturated heterocycles. The van der Waals surface area contributed by atoms with E-state index in [4.69, 9.17) is 9.47 Å². The fourth-order valence-electron chi connectivity index (χ4n) is 2.90. The molecule has 3 N–H and O–H groups in total. The largest absolute Gasteiger partial charge is 0.493 e. The van der Waals surface area contributed by atoms with Crippen LogP contribution in [0, 0.1) is 5.92 Å². The highest BCUT2D eigenvalue weighted by atomic mass is 16.5. The van der Waals surface area contributed by atoms with Crippen LogP contribution in [0.25, 0.3) is 11.3 Å². The minimum absolute atomic E-state index is 0.0149. The molecule has 2 aromatic heterocycles. The number of benzene rings is 1. The Kier molecular flexibility index (Phi) is 7.03. The molecule has 8 heteroatoms. The van der Waals surface area contributed by atoms with Crippen LogP contribution in [0.4, 0.5) is 17.5 Å². The zero-order valence-electron chi connectivity index (χ0n) is 17.6. The van der Waals surface area contributed by atoms with E-state index in [2.05, 4.69) is 25.6 Å². The van der Waals surface area contributed by atoms with Crippen LogP contribution in [0.3, 0.4) is 0 Å². The molecule has 0 radical (unpaired) electrons. The number of hydrogen-bond donors (Lipinski definition) is 3. The Morgan fingerprint density at radius 3 is 2.33 bits per heavy atom. The van der Waals surface area contributed by atoms with Crippen molar-refractivity contribution in [1.82, 2.24) is 15.0 Å². The molecule has 0 saturated carbocycles. The number of pyridine rings is 1. The smallest absolute Gasteiger partial charge is 0.225 e. The summed E-state index contributed by atoms with van der Waals surface area (Å²) in [7, 11) is 3.19. The zero-order valence-corrected chi connectivity index (χ0v) is 17.6. The van der Waals surface area contributed by atoms with Crippen molar-refractivity contribution >= 4 is 17.5 Å². The summed E-state index contributed by atoms with van der Waals surface area (Å²) in [6.45, 7) is 4.05. The van der Waals surface area contributed by atoms with E-state index in [9.17, 15) is 5.11 Å². The first-order valence-corrected chi connectivity index (χ1v) is 9.70. The normalized spacial score (nSPS) is 11.8. The molecule has 0 amide bonds. The molecule has 0 aliphatic heterocycles. The monoisotopic (exact) mass is 409 g/mol. The van der Waals surface area contributed by atoms with Gasteiger partial charge in [0.05, 0.1) is 32.6 Å². The van der Waals surface area contributed by atoms with Gasteiger partial charge in [-0.15, -0.1) is 0 Å². The minimum atomic E-state index is -0.161. The molecule has 3 rings (SSSR count). The summed E-state index contributed by atoms with van der Waals surface area (Å²) in [6, 6.07) is 11.0. The van der Waals surface area contributed by atoms with Crippen LogP contribution in [0.15, 0.2) is 48.8 Å². The van der Waals surface area contributed by atoms with Gasteiger partial charge >= 0.3 is 0 Å². The maximum Gasteiger partial charge on any atom is 0.225 e. The van der Waals surface area contributed by atoms with Gasteiger partial charge in [-0.1, -0.05) is 13.8 Å². The van der Waals surface area contributed by atoms with Crippen molar-refractivity contribution in [3.8, 4) is 22.8 Å². The Bertz CT molecular complexity index is 966. The number of nitrogens with one attached hydrogen (secondary N) is 2. The molecule has 8 nitrogen and oxygen atoms in total. The standard InChI is InChI=1S/C22H27N5O3/c1-14(2)18(13-28)26-22-25-17(15-7-9-23-10-8-15)12-21(27-22)24-16-5-6-19(29-3)20(11-16)30-4/h5-12,14,18,28H,13H2,1-4H3,(H2,24,25,26,27)/t18-/m0/s1. The number of methoxy groups -OCH3 is 2. The average molecular weight is 409 g/mol. The van der Waals surface area contributed by atoms with E-state index >= 15 is 0 Å². The number of anilines is 3. The van der Waals surface area contributed by atoms with Crippen molar-refractivity contribution in [3.05, 3.63) is 48.8 Å². The van der Waals surface area contributed by atoms with Gasteiger partial charge in [-0.2, -0.15) is 4.98 Å². The Hall–Kier alpha value is -3.39. The molecule has 0 fully saturated rings. The molecule has 2 heterocycles. The van der Waals surface area contributed by atoms with Crippen LogP contribution >= 0.6 is 0 Å². The molecule has 3 aromatic rings. The van der Waals surface area contributed by atoms with Crippen molar-refractivity contribution in [2.45, 2.75) is 19.9 Å². The van der Waals surface area contributed by atoms with E-state index in [1.54, 1.807) is 26.6 Å². The second-order valence-electron chi connectivity index (χ2n) is 7.07. The number of nitrogens with zero attached hydrogens (tertiary/aromatic N) is 3. The Morgan fingerprint density at radius 2 is 1.70 bits per heavy atom. The number of ether oxygens (including phenoxy) is 2. The van der Waals surface area contributed by atoms with E-state index in [0.29, 0.717) is 23.3 Å². The number of hydrogen-bond acceptors (Lipinski definition) is 8. The molecule has 30 heavy (non-hydrogen) atoms. The first kappa shape index (κ1) is 21.3. The lowest BCUT2D eigenvalue weighted by Gasteiger charge is -2.21. The summed E-state index contributed by atoms with van der Waals surface area (Å²) >= 11 is 0. The van der Waals surface area contributed by atoms with Gasteiger partial charge in [-0.05, 0) is 30.2 Å². The van der Waals surface area contributed by atoms with Crippen LogP contribution in [0.2, 0.25) is 0 Å². The summed E-state index contributed by atoms with van der Waals surface area (Å²) in [4.78, 5) is 13.3. The van der Waals surface area contributed by atoms with Crippen LogP contribution in [0.1, 0.15) is 13.8 Å². The van der Waals surface area contributed by atoms with E-state index in [1.165, 1.54) is 0 Å². The van der Waals surface area contributed by atoms with E-state index < -0.39 is 0 Å². The van der Waals surface area contributed by atoms with Gasteiger partial charge in [-0.25, -0.2) is 4.98 Å². The summed E-state index contributed by atoms with van der Waals surface area (Å²) in [5.41, 5.74) is 2.44. The van der Waals surface area contributed by atoms with Gasteiger partial charge in [-0.3, -0.25) is 4.98 Å². The third-order valence-electron chi connectivity index (χ3n) is 4.67. The maximum atomic E-state index is 9.69. The molecule has 0 spiro atoms. The molecular formula is C22H27N5O3. The number of aliphatic hydroxyl groups is 1. The highest BCUT2D eigenvalue weighted by molar-refractivity contribution is 5.68. The van der Waals surface area contributed by atoms with E-state index in [1.807, 2.05) is 50.2 Å². The maximum absolute atomic E-state index is 9.69. The summed E-state index contributed by atoms with van der Waals surface area (Å²) in [5.74, 6) is 2.51. The molecule has 0 aliphatic carbocycles. The molecular weight excluding hydrogens is 382 g/mol. The minimum Gasteiger partial charge on any atom is -0.493 e. The van der Waals surface area contributed by atoms with Gasteiger partial charge in [0, 0.05) is 35.8 Å². The van der Waals surface area contributed by atoms with Gasteiger partial charge < -0.3 is 25.2 Å². The van der Waals surface area contributed by atoms with Gasteiger partial charge in [0.1, 0.15) is 5.82 Å².